The van der Waals surface area contributed by atoms with Crippen LogP contribution in [0.15, 0.2) is 60.7 Å². The van der Waals surface area contributed by atoms with Crippen molar-refractivity contribution >= 4 is 34.9 Å². The van der Waals surface area contributed by atoms with Gasteiger partial charge in [-0.05, 0) is 31.2 Å². The van der Waals surface area contributed by atoms with Crippen LogP contribution in [-0.2, 0) is 4.74 Å². The summed E-state index contributed by atoms with van der Waals surface area (Å²) in [6.45, 7) is 4.17. The average molecular weight is 322 g/mol. The first-order chi connectivity index (χ1) is 10.0. The van der Waals surface area contributed by atoms with E-state index >= 15 is 0 Å². The molecule has 110 valence electrons. The van der Waals surface area contributed by atoms with E-state index in [1.54, 1.807) is 0 Å². The molecule has 2 nitrogen and oxygen atoms in total. The third-order valence-electron chi connectivity index (χ3n) is 3.57. The standard InChI is InChI=1S/C17H19ClO2P/c1-14(20-17(18)19)13-21(2,15-9-5-3-6-10-15)16-11-7-4-8-12-16/h3-12,14H,13H2,1-2H3/q+1. The second kappa shape index (κ2) is 7.06. The molecule has 1 atom stereocenters. The molecule has 0 bridgehead atoms. The molecule has 0 aliphatic carbocycles. The maximum Gasteiger partial charge on any atom is 0.404 e. The monoisotopic (exact) mass is 321 g/mol. The lowest BCUT2D eigenvalue weighted by atomic mass is 10.4. The van der Waals surface area contributed by atoms with Crippen molar-refractivity contribution in [3.63, 3.8) is 0 Å². The number of carbonyl (C=O) groups is 1. The van der Waals surface area contributed by atoms with E-state index in [1.165, 1.54) is 10.6 Å². The van der Waals surface area contributed by atoms with Gasteiger partial charge in [-0.15, -0.1) is 0 Å². The number of carbonyl (C=O) groups excluding carboxylic acids is 1. The highest BCUT2D eigenvalue weighted by Crippen LogP contribution is 2.53. The summed E-state index contributed by atoms with van der Waals surface area (Å²) in [5.41, 5.74) is -0.741. The summed E-state index contributed by atoms with van der Waals surface area (Å²) in [5, 5.41) is 2.60. The molecule has 2 aromatic rings. The van der Waals surface area contributed by atoms with Gasteiger partial charge in [0.05, 0.1) is 24.5 Å². The number of ether oxygens (including phenoxy) is 1. The summed E-state index contributed by atoms with van der Waals surface area (Å²) in [4.78, 5) is 11.0. The molecule has 21 heavy (non-hydrogen) atoms. The van der Waals surface area contributed by atoms with Crippen molar-refractivity contribution in [1.82, 2.24) is 0 Å². The van der Waals surface area contributed by atoms with Gasteiger partial charge in [-0.25, -0.2) is 4.79 Å². The van der Waals surface area contributed by atoms with Crippen LogP contribution in [0.4, 0.5) is 4.79 Å². The fourth-order valence-corrected chi connectivity index (χ4v) is 6.22. The second-order valence-electron chi connectivity index (χ2n) is 5.21. The van der Waals surface area contributed by atoms with Gasteiger partial charge in [0.1, 0.15) is 12.3 Å². The lowest BCUT2D eigenvalue weighted by Crippen LogP contribution is -2.29. The highest BCUT2D eigenvalue weighted by molar-refractivity contribution is 7.88. The van der Waals surface area contributed by atoms with Crippen LogP contribution in [0.2, 0.25) is 0 Å². The minimum Gasteiger partial charge on any atom is -0.447 e. The van der Waals surface area contributed by atoms with Gasteiger partial charge in [0.2, 0.25) is 0 Å². The molecule has 0 amide bonds. The molecule has 0 saturated carbocycles. The van der Waals surface area contributed by atoms with E-state index in [4.69, 9.17) is 16.3 Å². The van der Waals surface area contributed by atoms with E-state index in [-0.39, 0.29) is 6.10 Å². The van der Waals surface area contributed by atoms with Crippen molar-refractivity contribution < 1.29 is 9.53 Å². The molecule has 0 heterocycles. The van der Waals surface area contributed by atoms with Crippen LogP contribution >= 0.6 is 18.9 Å². The molecule has 0 N–H and O–H groups in total. The Morgan fingerprint density at radius 3 is 1.86 bits per heavy atom. The Morgan fingerprint density at radius 1 is 1.05 bits per heavy atom. The van der Waals surface area contributed by atoms with Crippen LogP contribution in [0, 0.1) is 0 Å². The van der Waals surface area contributed by atoms with Crippen molar-refractivity contribution in [2.24, 2.45) is 0 Å². The Balaban J connectivity index is 2.38. The number of hydrogen-bond acceptors (Lipinski definition) is 2. The Kier molecular flexibility index (Phi) is 5.39. The number of halogens is 1. The molecule has 0 aliphatic rings. The number of benzene rings is 2. The molecule has 4 heteroatoms. The van der Waals surface area contributed by atoms with E-state index in [2.05, 4.69) is 55.2 Å². The minimum atomic E-state index is -1.62. The van der Waals surface area contributed by atoms with Crippen molar-refractivity contribution in [3.8, 4) is 0 Å². The van der Waals surface area contributed by atoms with Crippen molar-refractivity contribution in [1.29, 1.82) is 0 Å². The predicted octanol–water partition coefficient (Wildman–Crippen LogP) is 4.05. The molecular weight excluding hydrogens is 303 g/mol. The average Bonchev–Trinajstić information content (AvgIpc) is 2.48. The van der Waals surface area contributed by atoms with Crippen LogP contribution in [0.25, 0.3) is 0 Å². The summed E-state index contributed by atoms with van der Waals surface area (Å²) in [5.74, 6) is 0. The van der Waals surface area contributed by atoms with E-state index in [9.17, 15) is 4.79 Å². The van der Waals surface area contributed by atoms with Crippen LogP contribution in [-0.4, -0.2) is 24.4 Å². The molecule has 1 unspecified atom stereocenters. The van der Waals surface area contributed by atoms with Gasteiger partial charge < -0.3 is 4.74 Å². The first kappa shape index (κ1) is 16.0. The SMILES string of the molecule is CC(C[P+](C)(c1ccccc1)c1ccccc1)OC(=O)Cl. The van der Waals surface area contributed by atoms with Gasteiger partial charge in [0.25, 0.3) is 0 Å². The van der Waals surface area contributed by atoms with Gasteiger partial charge in [-0.2, -0.15) is 0 Å². The molecule has 0 radical (unpaired) electrons. The van der Waals surface area contributed by atoms with Gasteiger partial charge in [0, 0.05) is 11.6 Å². The van der Waals surface area contributed by atoms with Gasteiger partial charge in [-0.1, -0.05) is 36.4 Å². The Labute approximate surface area is 131 Å². The Hall–Kier alpha value is -1.37. The molecule has 0 aromatic heterocycles. The smallest absolute Gasteiger partial charge is 0.404 e. The summed E-state index contributed by atoms with van der Waals surface area (Å²) in [6, 6.07) is 20.8. The summed E-state index contributed by atoms with van der Waals surface area (Å²) in [7, 11) is -1.62. The highest BCUT2D eigenvalue weighted by atomic mass is 35.5. The second-order valence-corrected chi connectivity index (χ2v) is 9.30. The summed E-state index contributed by atoms with van der Waals surface area (Å²) < 4.78 is 5.14. The quantitative estimate of drug-likeness (QED) is 0.613. The predicted molar refractivity (Wildman–Crippen MR) is 91.7 cm³/mol. The summed E-state index contributed by atoms with van der Waals surface area (Å²) in [6.07, 6.45) is 0.563. The zero-order valence-electron chi connectivity index (χ0n) is 12.2. The van der Waals surface area contributed by atoms with Crippen molar-refractivity contribution in [3.05, 3.63) is 60.7 Å². The van der Waals surface area contributed by atoms with Crippen LogP contribution in [0.5, 0.6) is 0 Å². The third kappa shape index (κ3) is 4.06. The zero-order chi connectivity index (χ0) is 15.3. The molecule has 0 spiro atoms. The van der Waals surface area contributed by atoms with Crippen molar-refractivity contribution in [2.75, 3.05) is 12.8 Å². The maximum atomic E-state index is 11.0. The Bertz CT molecular complexity index is 547. The van der Waals surface area contributed by atoms with Crippen LogP contribution < -0.4 is 10.6 Å². The molecule has 2 aromatic carbocycles. The summed E-state index contributed by atoms with van der Waals surface area (Å²) >= 11 is 5.34. The first-order valence-corrected chi connectivity index (χ1v) is 9.65. The lowest BCUT2D eigenvalue weighted by Gasteiger charge is -2.25. The largest absolute Gasteiger partial charge is 0.447 e. The number of hydrogen-bond donors (Lipinski definition) is 0. The maximum absolute atomic E-state index is 11.0. The van der Waals surface area contributed by atoms with E-state index in [1.807, 2.05) is 19.1 Å². The molecule has 2 rings (SSSR count). The fourth-order valence-electron chi connectivity index (χ4n) is 2.58. The normalized spacial score (nSPS) is 12.7. The zero-order valence-corrected chi connectivity index (χ0v) is 13.8. The van der Waals surface area contributed by atoms with Gasteiger partial charge in [-0.3, -0.25) is 0 Å². The van der Waals surface area contributed by atoms with Gasteiger partial charge >= 0.3 is 5.43 Å². The molecule has 0 fully saturated rings. The van der Waals surface area contributed by atoms with Crippen LogP contribution in [0.3, 0.4) is 0 Å². The van der Waals surface area contributed by atoms with Crippen LogP contribution in [0.1, 0.15) is 6.92 Å². The van der Waals surface area contributed by atoms with E-state index in [0.717, 1.165) is 6.16 Å². The Morgan fingerprint density at radius 2 is 1.48 bits per heavy atom. The van der Waals surface area contributed by atoms with E-state index in [0.29, 0.717) is 0 Å². The van der Waals surface area contributed by atoms with E-state index < -0.39 is 12.7 Å². The molecule has 0 saturated heterocycles. The highest BCUT2D eigenvalue weighted by Gasteiger charge is 2.39. The number of rotatable bonds is 5. The fraction of sp³-hybridized carbons (Fsp3) is 0.235. The molecule has 0 aliphatic heterocycles. The van der Waals surface area contributed by atoms with Gasteiger partial charge in [0.15, 0.2) is 0 Å². The molecular formula is C17H19ClO2P+. The minimum absolute atomic E-state index is 0.214. The lowest BCUT2D eigenvalue weighted by molar-refractivity contribution is 0.143. The third-order valence-corrected chi connectivity index (χ3v) is 7.78. The van der Waals surface area contributed by atoms with Crippen molar-refractivity contribution in [2.45, 2.75) is 13.0 Å². The first-order valence-electron chi connectivity index (χ1n) is 6.85. The topological polar surface area (TPSA) is 26.3 Å².